The average molecular weight is 317 g/mol. The maximum absolute atomic E-state index is 13.3. The topological polar surface area (TPSA) is 24.9 Å². The van der Waals surface area contributed by atoms with Crippen LogP contribution in [-0.2, 0) is 0 Å². The summed E-state index contributed by atoms with van der Waals surface area (Å²) in [6.45, 7) is 2.11. The number of hydrogen-bond acceptors (Lipinski definition) is 2. The molecule has 0 aliphatic heterocycles. The zero-order valence-electron chi connectivity index (χ0n) is 12.5. The molecule has 0 unspecified atom stereocenters. The summed E-state index contributed by atoms with van der Waals surface area (Å²) in [5.74, 6) is 0.890. The minimum atomic E-state index is -0.393. The summed E-state index contributed by atoms with van der Waals surface area (Å²) in [4.78, 5) is 4.58. The summed E-state index contributed by atoms with van der Waals surface area (Å²) in [5, 5.41) is 3.54. The molecule has 1 fully saturated rings. The van der Waals surface area contributed by atoms with Crippen LogP contribution < -0.4 is 5.32 Å². The van der Waals surface area contributed by atoms with E-state index in [4.69, 9.17) is 11.6 Å². The third kappa shape index (κ3) is 2.19. The van der Waals surface area contributed by atoms with Crippen molar-refractivity contribution in [2.45, 2.75) is 44.4 Å². The molecule has 1 heterocycles. The fourth-order valence-electron chi connectivity index (χ4n) is 4.10. The number of halogens is 2. The molecule has 2 aromatic rings. The minimum absolute atomic E-state index is 0.139. The molecule has 1 saturated carbocycles. The molecule has 0 radical (unpaired) electrons. The Morgan fingerprint density at radius 3 is 2.50 bits per heavy atom. The second-order valence-corrected chi connectivity index (χ2v) is 6.79. The van der Waals surface area contributed by atoms with E-state index in [0.29, 0.717) is 11.8 Å². The van der Waals surface area contributed by atoms with E-state index >= 15 is 0 Å². The van der Waals surface area contributed by atoms with Crippen LogP contribution in [0.2, 0.25) is 5.02 Å². The van der Waals surface area contributed by atoms with Gasteiger partial charge in [0.05, 0.1) is 16.9 Å². The number of aromatic nitrogens is 1. The zero-order valence-corrected chi connectivity index (χ0v) is 13.3. The highest BCUT2D eigenvalue weighted by Crippen LogP contribution is 2.52. The van der Waals surface area contributed by atoms with Gasteiger partial charge in [0.1, 0.15) is 5.82 Å². The van der Waals surface area contributed by atoms with E-state index in [1.54, 1.807) is 12.1 Å². The first kappa shape index (κ1) is 14.0. The fourth-order valence-corrected chi connectivity index (χ4v) is 4.28. The molecule has 0 spiro atoms. The third-order valence-electron chi connectivity index (χ3n) is 5.10. The molecular weight excluding hydrogens is 299 g/mol. The maximum Gasteiger partial charge on any atom is 0.141 e. The van der Waals surface area contributed by atoms with Crippen molar-refractivity contribution in [3.05, 3.63) is 52.1 Å². The van der Waals surface area contributed by atoms with Crippen molar-refractivity contribution in [1.82, 2.24) is 4.98 Å². The quantitative estimate of drug-likeness (QED) is 0.771. The Labute approximate surface area is 134 Å². The molecule has 0 saturated heterocycles. The maximum atomic E-state index is 13.3. The van der Waals surface area contributed by atoms with Crippen LogP contribution in [0.25, 0.3) is 0 Å². The summed E-state index contributed by atoms with van der Waals surface area (Å²) in [6.07, 6.45) is 7.00. The summed E-state index contributed by atoms with van der Waals surface area (Å²) in [5.41, 5.74) is 5.89. The van der Waals surface area contributed by atoms with Crippen molar-refractivity contribution >= 4 is 23.0 Å². The van der Waals surface area contributed by atoms with Gasteiger partial charge in [-0.25, -0.2) is 4.39 Å². The molecule has 0 atom stereocenters. The van der Waals surface area contributed by atoms with Crippen LogP contribution >= 0.6 is 11.6 Å². The number of aryl methyl sites for hydroxylation is 1. The van der Waals surface area contributed by atoms with E-state index in [-0.39, 0.29) is 5.02 Å². The zero-order chi connectivity index (χ0) is 15.3. The van der Waals surface area contributed by atoms with Crippen molar-refractivity contribution < 1.29 is 4.39 Å². The smallest absolute Gasteiger partial charge is 0.141 e. The van der Waals surface area contributed by atoms with E-state index in [2.05, 4.69) is 17.2 Å². The van der Waals surface area contributed by atoms with Gasteiger partial charge in [-0.2, -0.15) is 0 Å². The summed E-state index contributed by atoms with van der Waals surface area (Å²) < 4.78 is 13.3. The van der Waals surface area contributed by atoms with E-state index in [9.17, 15) is 4.39 Å². The summed E-state index contributed by atoms with van der Waals surface area (Å²) in [6, 6.07) is 4.74. The van der Waals surface area contributed by atoms with Crippen molar-refractivity contribution in [3.8, 4) is 0 Å². The van der Waals surface area contributed by atoms with Gasteiger partial charge in [0.25, 0.3) is 0 Å². The first-order valence-corrected chi connectivity index (χ1v) is 8.22. The molecule has 2 nitrogen and oxygen atoms in total. The number of fused-ring (bicyclic) bond motifs is 2. The van der Waals surface area contributed by atoms with Crippen LogP contribution in [0.4, 0.5) is 15.8 Å². The molecule has 2 bridgehead atoms. The molecule has 114 valence electrons. The number of benzene rings is 1. The number of rotatable bonds is 2. The van der Waals surface area contributed by atoms with Gasteiger partial charge in [0.15, 0.2) is 0 Å². The first-order valence-electron chi connectivity index (χ1n) is 7.85. The van der Waals surface area contributed by atoms with Gasteiger partial charge in [0.2, 0.25) is 0 Å². The van der Waals surface area contributed by atoms with Crippen molar-refractivity contribution in [1.29, 1.82) is 0 Å². The Balaban J connectivity index is 1.77. The lowest BCUT2D eigenvalue weighted by molar-refractivity contribution is 0.357. The Morgan fingerprint density at radius 1 is 1.14 bits per heavy atom. The van der Waals surface area contributed by atoms with Crippen molar-refractivity contribution in [2.75, 3.05) is 5.32 Å². The summed E-state index contributed by atoms with van der Waals surface area (Å²) >= 11 is 5.88. The lowest BCUT2D eigenvalue weighted by atomic mass is 9.66. The highest BCUT2D eigenvalue weighted by Gasteiger charge is 2.36. The van der Waals surface area contributed by atoms with Gasteiger partial charge in [-0.1, -0.05) is 11.6 Å². The minimum Gasteiger partial charge on any atom is -0.354 e. The molecule has 0 amide bonds. The van der Waals surface area contributed by atoms with Crippen molar-refractivity contribution in [3.63, 3.8) is 0 Å². The number of pyridine rings is 1. The second-order valence-electron chi connectivity index (χ2n) is 6.39. The van der Waals surface area contributed by atoms with E-state index in [1.807, 2.05) is 6.20 Å². The van der Waals surface area contributed by atoms with E-state index < -0.39 is 5.82 Å². The standard InChI is InChI=1S/C18H18ClFN2/c1-10-17-11-2-4-12(5-3-11)18(17)16(9-21-10)22-13-6-7-15(20)14(19)8-13/h6-9,11-12,22H,2-5H2,1H3. The Kier molecular flexibility index (Phi) is 3.33. The van der Waals surface area contributed by atoms with Gasteiger partial charge in [-0.3, -0.25) is 4.98 Å². The van der Waals surface area contributed by atoms with Crippen LogP contribution in [0.1, 0.15) is 54.3 Å². The van der Waals surface area contributed by atoms with E-state index in [1.165, 1.54) is 42.9 Å². The Bertz CT molecular complexity index is 736. The average Bonchev–Trinajstić information content (AvgIpc) is 2.54. The van der Waals surface area contributed by atoms with E-state index in [0.717, 1.165) is 17.1 Å². The lowest BCUT2D eigenvalue weighted by Gasteiger charge is -2.40. The van der Waals surface area contributed by atoms with Crippen LogP contribution in [0.5, 0.6) is 0 Å². The number of nitrogens with zero attached hydrogens (tertiary/aromatic N) is 1. The second kappa shape index (κ2) is 5.24. The molecule has 1 N–H and O–H groups in total. The molecule has 1 aromatic heterocycles. The van der Waals surface area contributed by atoms with Gasteiger partial charge in [-0.15, -0.1) is 0 Å². The molecule has 4 heteroatoms. The predicted molar refractivity (Wildman–Crippen MR) is 87.6 cm³/mol. The molecule has 5 rings (SSSR count). The van der Waals surface area contributed by atoms with Crippen LogP contribution in [0.3, 0.4) is 0 Å². The van der Waals surface area contributed by atoms with Crippen LogP contribution in [0.15, 0.2) is 24.4 Å². The predicted octanol–water partition coefficient (Wildman–Crippen LogP) is 5.68. The molecular formula is C18H18ClFN2. The third-order valence-corrected chi connectivity index (χ3v) is 5.39. The number of anilines is 2. The number of nitrogens with one attached hydrogen (secondary N) is 1. The molecule has 1 aromatic carbocycles. The van der Waals surface area contributed by atoms with Crippen molar-refractivity contribution in [2.24, 2.45) is 0 Å². The molecule has 22 heavy (non-hydrogen) atoms. The number of hydrogen-bond donors (Lipinski definition) is 1. The van der Waals surface area contributed by atoms with Crippen LogP contribution in [-0.4, -0.2) is 4.98 Å². The molecule has 3 aliphatic rings. The highest BCUT2D eigenvalue weighted by atomic mass is 35.5. The normalized spacial score (nSPS) is 22.5. The SMILES string of the molecule is Cc1ncc(Nc2ccc(F)c(Cl)c2)c2c1C1CCC2CC1. The molecule has 3 aliphatic carbocycles. The van der Waals surface area contributed by atoms with Gasteiger partial charge < -0.3 is 5.32 Å². The van der Waals surface area contributed by atoms with Gasteiger partial charge >= 0.3 is 0 Å². The highest BCUT2D eigenvalue weighted by molar-refractivity contribution is 6.31. The summed E-state index contributed by atoms with van der Waals surface area (Å²) in [7, 11) is 0. The van der Waals surface area contributed by atoms with Gasteiger partial charge in [-0.05, 0) is 73.8 Å². The Morgan fingerprint density at radius 2 is 1.82 bits per heavy atom. The monoisotopic (exact) mass is 316 g/mol. The Hall–Kier alpha value is -1.61. The van der Waals surface area contributed by atoms with Gasteiger partial charge in [0, 0.05) is 11.4 Å². The van der Waals surface area contributed by atoms with Crippen LogP contribution in [0, 0.1) is 12.7 Å². The fraction of sp³-hybridized carbons (Fsp3) is 0.389. The largest absolute Gasteiger partial charge is 0.354 e. The first-order chi connectivity index (χ1) is 10.6. The lowest BCUT2D eigenvalue weighted by Crippen LogP contribution is -2.24.